The highest BCUT2D eigenvalue weighted by molar-refractivity contribution is 5.46. The summed E-state index contributed by atoms with van der Waals surface area (Å²) in [5.41, 5.74) is 3.07. The van der Waals surface area contributed by atoms with Gasteiger partial charge in [-0.05, 0) is 13.3 Å². The zero-order chi connectivity index (χ0) is 12.1. The molecule has 2 aromatic heterocycles. The molecule has 84 valence electrons. The molecular formula is C12H16N4. The Morgan fingerprint density at radius 1 is 1.31 bits per heavy atom. The van der Waals surface area contributed by atoms with Crippen LogP contribution in [0.4, 0.5) is 0 Å². The molecule has 0 aromatic carbocycles. The van der Waals surface area contributed by atoms with E-state index in [0.717, 1.165) is 23.5 Å². The third-order valence-electron chi connectivity index (χ3n) is 2.13. The molecule has 0 atom stereocenters. The highest BCUT2D eigenvalue weighted by atomic mass is 15.0. The number of nitriles is 1. The first-order valence-corrected chi connectivity index (χ1v) is 5.50. The molecule has 2 rings (SSSR count). The molecule has 0 aliphatic carbocycles. The van der Waals surface area contributed by atoms with E-state index in [2.05, 4.69) is 16.9 Å². The second-order valence-corrected chi connectivity index (χ2v) is 3.14. The fourth-order valence-electron chi connectivity index (χ4n) is 1.43. The van der Waals surface area contributed by atoms with Crippen LogP contribution in [-0.4, -0.2) is 14.4 Å². The highest BCUT2D eigenvalue weighted by Gasteiger charge is 2.05. The second kappa shape index (κ2) is 5.26. The summed E-state index contributed by atoms with van der Waals surface area (Å²) in [4.78, 5) is 8.52. The molecule has 0 aliphatic rings. The fourth-order valence-corrected chi connectivity index (χ4v) is 1.43. The van der Waals surface area contributed by atoms with E-state index < -0.39 is 0 Å². The Morgan fingerprint density at radius 2 is 2.00 bits per heavy atom. The van der Waals surface area contributed by atoms with Crippen LogP contribution in [0.1, 0.15) is 37.9 Å². The summed E-state index contributed by atoms with van der Waals surface area (Å²) >= 11 is 0. The minimum Gasteiger partial charge on any atom is -0.302 e. The van der Waals surface area contributed by atoms with Crippen molar-refractivity contribution in [3.8, 4) is 6.07 Å². The van der Waals surface area contributed by atoms with Crippen LogP contribution in [0.25, 0.3) is 5.65 Å². The van der Waals surface area contributed by atoms with Crippen LogP contribution >= 0.6 is 0 Å². The van der Waals surface area contributed by atoms with Gasteiger partial charge in [-0.2, -0.15) is 5.26 Å². The molecule has 2 heterocycles. The highest BCUT2D eigenvalue weighted by Crippen LogP contribution is 2.09. The first-order chi connectivity index (χ1) is 7.74. The molecule has 0 radical (unpaired) electrons. The Bertz CT molecular complexity index is 520. The number of nitrogens with zero attached hydrogens (tertiary/aromatic N) is 4. The summed E-state index contributed by atoms with van der Waals surface area (Å²) < 4.78 is 1.86. The van der Waals surface area contributed by atoms with Gasteiger partial charge in [-0.1, -0.05) is 20.8 Å². The van der Waals surface area contributed by atoms with Gasteiger partial charge in [0.05, 0.1) is 11.4 Å². The zero-order valence-corrected chi connectivity index (χ0v) is 10.2. The van der Waals surface area contributed by atoms with Crippen molar-refractivity contribution in [2.75, 3.05) is 0 Å². The number of rotatable bonds is 1. The fraction of sp³-hybridized carbons (Fsp3) is 0.417. The van der Waals surface area contributed by atoms with Gasteiger partial charge < -0.3 is 4.40 Å². The van der Waals surface area contributed by atoms with E-state index in [9.17, 15) is 0 Å². The molecule has 0 amide bonds. The minimum atomic E-state index is 0.426. The maximum atomic E-state index is 8.74. The molecule has 16 heavy (non-hydrogen) atoms. The van der Waals surface area contributed by atoms with Crippen LogP contribution in [0.15, 0.2) is 12.4 Å². The molecule has 4 heteroatoms. The molecule has 0 unspecified atom stereocenters. The van der Waals surface area contributed by atoms with Gasteiger partial charge in [-0.3, -0.25) is 0 Å². The van der Waals surface area contributed by atoms with E-state index in [0.29, 0.717) is 5.69 Å². The molecule has 0 saturated heterocycles. The molecule has 0 N–H and O–H groups in total. The predicted molar refractivity (Wildman–Crippen MR) is 63.2 cm³/mol. The van der Waals surface area contributed by atoms with Crippen molar-refractivity contribution in [3.63, 3.8) is 0 Å². The van der Waals surface area contributed by atoms with Gasteiger partial charge in [0, 0.05) is 12.4 Å². The molecular weight excluding hydrogens is 200 g/mol. The first kappa shape index (κ1) is 12.2. The number of imidazole rings is 1. The van der Waals surface area contributed by atoms with Crippen molar-refractivity contribution >= 4 is 5.65 Å². The standard InChI is InChI=1S/C10H10N4.C2H6/c1-3-8-5-14-6-9(4-11)12-7(2)10(14)13-8;1-2/h5-6H,3H2,1-2H3;1-2H3. The molecule has 4 nitrogen and oxygen atoms in total. The number of hydrogen-bond acceptors (Lipinski definition) is 3. The first-order valence-electron chi connectivity index (χ1n) is 5.50. The molecule has 0 fully saturated rings. The normalized spacial score (nSPS) is 9.44. The van der Waals surface area contributed by atoms with Gasteiger partial charge >= 0.3 is 0 Å². The van der Waals surface area contributed by atoms with Gasteiger partial charge in [-0.15, -0.1) is 0 Å². The van der Waals surface area contributed by atoms with E-state index in [4.69, 9.17) is 5.26 Å². The molecule has 0 spiro atoms. The lowest BCUT2D eigenvalue weighted by Crippen LogP contribution is -1.94. The summed E-state index contributed by atoms with van der Waals surface area (Å²) in [7, 11) is 0. The van der Waals surface area contributed by atoms with Crippen molar-refractivity contribution < 1.29 is 0 Å². The SMILES string of the molecule is CC.CCc1cn2cc(C#N)nc(C)c2n1. The van der Waals surface area contributed by atoms with E-state index in [1.807, 2.05) is 37.4 Å². The summed E-state index contributed by atoms with van der Waals surface area (Å²) in [6.07, 6.45) is 4.53. The van der Waals surface area contributed by atoms with Gasteiger partial charge in [0.25, 0.3) is 0 Å². The van der Waals surface area contributed by atoms with Crippen LogP contribution in [0, 0.1) is 18.3 Å². The zero-order valence-electron chi connectivity index (χ0n) is 10.2. The number of aryl methyl sites for hydroxylation is 2. The van der Waals surface area contributed by atoms with Gasteiger partial charge in [0.1, 0.15) is 6.07 Å². The molecule has 0 saturated carbocycles. The van der Waals surface area contributed by atoms with Crippen LogP contribution in [0.3, 0.4) is 0 Å². The smallest absolute Gasteiger partial charge is 0.158 e. The second-order valence-electron chi connectivity index (χ2n) is 3.14. The summed E-state index contributed by atoms with van der Waals surface area (Å²) in [6.45, 7) is 7.92. The molecule has 0 bridgehead atoms. The summed E-state index contributed by atoms with van der Waals surface area (Å²) in [5, 5.41) is 8.74. The molecule has 2 aromatic rings. The summed E-state index contributed by atoms with van der Waals surface area (Å²) in [6, 6.07) is 2.03. The van der Waals surface area contributed by atoms with E-state index >= 15 is 0 Å². The Morgan fingerprint density at radius 3 is 2.56 bits per heavy atom. The number of fused-ring (bicyclic) bond motifs is 1. The number of hydrogen-bond donors (Lipinski definition) is 0. The van der Waals surface area contributed by atoms with Crippen molar-refractivity contribution in [1.29, 1.82) is 5.26 Å². The van der Waals surface area contributed by atoms with Crippen LogP contribution in [0.5, 0.6) is 0 Å². The van der Waals surface area contributed by atoms with Crippen molar-refractivity contribution in [3.05, 3.63) is 29.5 Å². The maximum Gasteiger partial charge on any atom is 0.158 e. The predicted octanol–water partition coefficient (Wildman–Crippen LogP) is 2.50. The van der Waals surface area contributed by atoms with Crippen LogP contribution in [-0.2, 0) is 6.42 Å². The third kappa shape index (κ3) is 2.19. The lowest BCUT2D eigenvalue weighted by atomic mass is 10.4. The lowest BCUT2D eigenvalue weighted by Gasteiger charge is -1.96. The van der Waals surface area contributed by atoms with Crippen molar-refractivity contribution in [2.45, 2.75) is 34.1 Å². The van der Waals surface area contributed by atoms with Crippen molar-refractivity contribution in [1.82, 2.24) is 14.4 Å². The van der Waals surface area contributed by atoms with E-state index in [1.165, 1.54) is 0 Å². The van der Waals surface area contributed by atoms with Crippen LogP contribution in [0.2, 0.25) is 0 Å². The third-order valence-corrected chi connectivity index (χ3v) is 2.13. The minimum absolute atomic E-state index is 0.426. The Kier molecular flexibility index (Phi) is 4.01. The van der Waals surface area contributed by atoms with E-state index in [1.54, 1.807) is 6.20 Å². The topological polar surface area (TPSA) is 54.0 Å². The quantitative estimate of drug-likeness (QED) is 0.736. The molecule has 0 aliphatic heterocycles. The lowest BCUT2D eigenvalue weighted by molar-refractivity contribution is 1.06. The van der Waals surface area contributed by atoms with Gasteiger partial charge in [0.15, 0.2) is 11.3 Å². The Balaban J connectivity index is 0.000000606. The summed E-state index contributed by atoms with van der Waals surface area (Å²) in [5.74, 6) is 0. The Hall–Kier alpha value is -1.89. The van der Waals surface area contributed by atoms with Crippen molar-refractivity contribution in [2.24, 2.45) is 0 Å². The van der Waals surface area contributed by atoms with Gasteiger partial charge in [0.2, 0.25) is 0 Å². The Labute approximate surface area is 95.6 Å². The van der Waals surface area contributed by atoms with Gasteiger partial charge in [-0.25, -0.2) is 9.97 Å². The largest absolute Gasteiger partial charge is 0.302 e. The maximum absolute atomic E-state index is 8.74. The monoisotopic (exact) mass is 216 g/mol. The van der Waals surface area contributed by atoms with Crippen LogP contribution < -0.4 is 0 Å². The average Bonchev–Trinajstić information content (AvgIpc) is 2.75. The average molecular weight is 216 g/mol. The van der Waals surface area contributed by atoms with E-state index in [-0.39, 0.29) is 0 Å². The number of aromatic nitrogens is 3.